The van der Waals surface area contributed by atoms with Crippen LogP contribution in [0.5, 0.6) is 11.5 Å². The Balaban J connectivity index is 1.07. The zero-order chi connectivity index (χ0) is 34.3. The average Bonchev–Trinajstić information content (AvgIpc) is 3.74. The van der Waals surface area contributed by atoms with Crippen molar-refractivity contribution < 1.29 is 33.4 Å². The first-order valence-corrected chi connectivity index (χ1v) is 17.0. The second-order valence-corrected chi connectivity index (χ2v) is 13.1. The van der Waals surface area contributed by atoms with Crippen molar-refractivity contribution in [3.8, 4) is 11.5 Å². The molecule has 4 amide bonds. The molecule has 4 aromatic rings. The Labute approximate surface area is 287 Å². The van der Waals surface area contributed by atoms with Crippen LogP contribution in [0.25, 0.3) is 10.9 Å². The summed E-state index contributed by atoms with van der Waals surface area (Å²) in [5, 5.41) is 6.71. The van der Waals surface area contributed by atoms with Crippen molar-refractivity contribution in [2.24, 2.45) is 11.7 Å². The zero-order valence-corrected chi connectivity index (χ0v) is 27.8. The van der Waals surface area contributed by atoms with E-state index in [0.29, 0.717) is 50.3 Å². The summed E-state index contributed by atoms with van der Waals surface area (Å²) >= 11 is 1.56. The normalized spacial score (nSPS) is 17.0. The average molecular weight is 687 g/mol. The number of hydrogen-bond donors (Lipinski definition) is 4. The molecule has 13 nitrogen and oxygen atoms in total. The lowest BCUT2D eigenvalue weighted by molar-refractivity contribution is -0.138. The van der Waals surface area contributed by atoms with Crippen molar-refractivity contribution in [1.82, 2.24) is 25.5 Å². The second-order valence-electron chi connectivity index (χ2n) is 12.0. The maximum Gasteiger partial charge on any atom is 0.404 e. The number of para-hydroxylation sites is 1. The highest BCUT2D eigenvalue weighted by atomic mass is 32.2. The Bertz CT molecular complexity index is 1810. The van der Waals surface area contributed by atoms with Crippen molar-refractivity contribution in [1.29, 1.82) is 0 Å². The van der Waals surface area contributed by atoms with Crippen LogP contribution in [-0.2, 0) is 19.1 Å². The molecule has 2 aromatic heterocycles. The topological polar surface area (TPSA) is 178 Å². The molecule has 256 valence electrons. The number of rotatable bonds is 13. The van der Waals surface area contributed by atoms with E-state index in [0.717, 1.165) is 32.1 Å². The Morgan fingerprint density at radius 3 is 2.73 bits per heavy atom. The number of unbranched alkanes of at least 4 members (excludes halogenated alkanes) is 1. The summed E-state index contributed by atoms with van der Waals surface area (Å²) in [5.41, 5.74) is 7.07. The Hall–Kier alpha value is -5.08. The number of hydrogen-bond acceptors (Lipinski definition) is 9. The molecule has 1 saturated heterocycles. The third-order valence-electron chi connectivity index (χ3n) is 8.45. The summed E-state index contributed by atoms with van der Waals surface area (Å²) in [7, 11) is 0. The molecule has 2 aliphatic rings. The number of ether oxygens (including phenoxy) is 3. The minimum Gasteiger partial charge on any atom is -0.455 e. The van der Waals surface area contributed by atoms with Crippen LogP contribution in [0.1, 0.15) is 48.3 Å². The van der Waals surface area contributed by atoms with Gasteiger partial charge in [0.2, 0.25) is 11.8 Å². The van der Waals surface area contributed by atoms with Crippen LogP contribution in [0.15, 0.2) is 76.8 Å². The molecule has 0 radical (unpaired) electrons. The molecule has 0 spiro atoms. The van der Waals surface area contributed by atoms with E-state index in [4.69, 9.17) is 19.9 Å². The number of pyridine rings is 1. The number of likely N-dealkylation sites (tertiary alicyclic amines) is 1. The number of H-pyrrole nitrogens is 1. The van der Waals surface area contributed by atoms with Gasteiger partial charge >= 0.3 is 6.09 Å². The van der Waals surface area contributed by atoms with E-state index in [1.165, 1.54) is 4.90 Å². The number of amides is 4. The highest BCUT2D eigenvalue weighted by Gasteiger charge is 2.40. The van der Waals surface area contributed by atoms with Gasteiger partial charge in [-0.1, -0.05) is 23.9 Å². The van der Waals surface area contributed by atoms with Crippen LogP contribution >= 0.6 is 11.8 Å². The van der Waals surface area contributed by atoms with E-state index >= 15 is 0 Å². The number of aromatic amines is 1. The summed E-state index contributed by atoms with van der Waals surface area (Å²) in [4.78, 5) is 62.0. The van der Waals surface area contributed by atoms with Crippen molar-refractivity contribution in [3.63, 3.8) is 0 Å². The van der Waals surface area contributed by atoms with Crippen molar-refractivity contribution in [3.05, 3.63) is 78.2 Å². The van der Waals surface area contributed by atoms with Crippen LogP contribution in [0, 0.1) is 5.92 Å². The Morgan fingerprint density at radius 1 is 1.08 bits per heavy atom. The molecule has 0 aliphatic carbocycles. The predicted molar refractivity (Wildman–Crippen MR) is 181 cm³/mol. The highest BCUT2D eigenvalue weighted by molar-refractivity contribution is 7.99. The fourth-order valence-corrected chi connectivity index (χ4v) is 6.87. The lowest BCUT2D eigenvalue weighted by Crippen LogP contribution is -2.49. The number of fused-ring (bicyclic) bond motifs is 3. The molecule has 4 heterocycles. The van der Waals surface area contributed by atoms with Gasteiger partial charge in [-0.25, -0.2) is 4.79 Å². The first kappa shape index (κ1) is 33.8. The van der Waals surface area contributed by atoms with Gasteiger partial charge in [-0.15, -0.1) is 0 Å². The Kier molecular flexibility index (Phi) is 10.6. The maximum absolute atomic E-state index is 13.7. The third kappa shape index (κ3) is 8.32. The zero-order valence-electron chi connectivity index (χ0n) is 27.0. The van der Waals surface area contributed by atoms with Crippen LogP contribution in [0.3, 0.4) is 0 Å². The largest absolute Gasteiger partial charge is 0.455 e. The summed E-state index contributed by atoms with van der Waals surface area (Å²) < 4.78 is 16.6. The van der Waals surface area contributed by atoms with Gasteiger partial charge in [0.25, 0.3) is 5.91 Å². The molecular weight excluding hydrogens is 648 g/mol. The SMILES string of the molecule is C[C@@H](NC(=O)[C@@H]1CC(COCCCCOC(N)=O)CN1C(=O)CNC(=O)c1ccc2c(c1)Oc1ccccc1S2)c1cc2cnccc2[nH]1. The summed E-state index contributed by atoms with van der Waals surface area (Å²) in [6.45, 7) is 2.88. The van der Waals surface area contributed by atoms with Gasteiger partial charge in [0, 0.05) is 53.6 Å². The number of carbonyl (C=O) groups excluding carboxylic acids is 4. The van der Waals surface area contributed by atoms with Gasteiger partial charge in [-0.05, 0) is 68.7 Å². The van der Waals surface area contributed by atoms with E-state index in [-0.39, 0.29) is 36.9 Å². The number of nitrogens with zero attached hydrogens (tertiary/aromatic N) is 2. The Morgan fingerprint density at radius 2 is 1.90 bits per heavy atom. The van der Waals surface area contributed by atoms with Crippen LogP contribution in [-0.4, -0.2) is 77.6 Å². The lowest BCUT2D eigenvalue weighted by Gasteiger charge is -2.25. The van der Waals surface area contributed by atoms with E-state index < -0.39 is 18.0 Å². The fraction of sp³-hybridized carbons (Fsp3) is 0.343. The number of nitrogens with two attached hydrogens (primary N) is 1. The van der Waals surface area contributed by atoms with E-state index in [9.17, 15) is 19.2 Å². The molecule has 14 heteroatoms. The fourth-order valence-electron chi connectivity index (χ4n) is 5.94. The molecule has 1 unspecified atom stereocenters. The number of aromatic nitrogens is 2. The van der Waals surface area contributed by atoms with Gasteiger partial charge in [-0.2, -0.15) is 0 Å². The molecule has 2 aliphatic heterocycles. The number of nitrogens with one attached hydrogen (secondary N) is 3. The standard InChI is InChI=1S/C35H38N6O7S/c1-21(26-15-24-17-37-11-10-25(24)40-26)39-34(44)27-14-22(20-46-12-4-5-13-47-35(36)45)19-41(27)32(42)18-38-33(43)23-8-9-31-29(16-23)48-28-6-2-3-7-30(28)49-31/h2-3,6-11,15-17,21-22,27,40H,4-5,12-14,18-20H2,1H3,(H2,36,45)(H,38,43)(H,39,44)/t21-,22?,27+/m1/s1. The third-order valence-corrected chi connectivity index (χ3v) is 9.57. The summed E-state index contributed by atoms with van der Waals surface area (Å²) in [6, 6.07) is 15.6. The molecule has 2 aromatic carbocycles. The smallest absolute Gasteiger partial charge is 0.404 e. The quantitative estimate of drug-likeness (QED) is 0.130. The molecule has 6 rings (SSSR count). The lowest BCUT2D eigenvalue weighted by atomic mass is 10.1. The van der Waals surface area contributed by atoms with Crippen molar-refractivity contribution in [2.75, 3.05) is 32.9 Å². The molecule has 5 N–H and O–H groups in total. The van der Waals surface area contributed by atoms with Gasteiger partial charge in [0.05, 0.1) is 35.6 Å². The maximum atomic E-state index is 13.7. The van der Waals surface area contributed by atoms with Crippen molar-refractivity contribution in [2.45, 2.75) is 48.1 Å². The van der Waals surface area contributed by atoms with Gasteiger partial charge < -0.3 is 40.5 Å². The summed E-state index contributed by atoms with van der Waals surface area (Å²) in [6.07, 6.45) is 4.31. The number of carbonyl (C=O) groups is 4. The van der Waals surface area contributed by atoms with Crippen molar-refractivity contribution >= 4 is 46.5 Å². The first-order chi connectivity index (χ1) is 23.7. The minimum atomic E-state index is -0.810. The van der Waals surface area contributed by atoms with Gasteiger partial charge in [0.15, 0.2) is 0 Å². The number of benzene rings is 2. The van der Waals surface area contributed by atoms with Crippen LogP contribution in [0.4, 0.5) is 4.79 Å². The van der Waals surface area contributed by atoms with E-state index in [2.05, 4.69) is 20.6 Å². The molecule has 3 atom stereocenters. The first-order valence-electron chi connectivity index (χ1n) is 16.1. The molecule has 0 bridgehead atoms. The second kappa shape index (κ2) is 15.4. The minimum absolute atomic E-state index is 0.0927. The number of primary amides is 1. The summed E-state index contributed by atoms with van der Waals surface area (Å²) in [5.74, 6) is 0.110. The van der Waals surface area contributed by atoms with E-state index in [1.54, 1.807) is 36.3 Å². The molecule has 49 heavy (non-hydrogen) atoms. The van der Waals surface area contributed by atoms with Crippen LogP contribution < -0.4 is 21.1 Å². The molecule has 1 fully saturated rings. The molecular formula is C35H38N6O7S. The molecule has 0 saturated carbocycles. The highest BCUT2D eigenvalue weighted by Crippen LogP contribution is 2.46. The monoisotopic (exact) mass is 686 g/mol. The van der Waals surface area contributed by atoms with E-state index in [1.807, 2.05) is 49.4 Å². The van der Waals surface area contributed by atoms with Gasteiger partial charge in [-0.3, -0.25) is 19.4 Å². The van der Waals surface area contributed by atoms with Crippen LogP contribution in [0.2, 0.25) is 0 Å². The van der Waals surface area contributed by atoms with Gasteiger partial charge in [0.1, 0.15) is 17.5 Å². The predicted octanol–water partition coefficient (Wildman–Crippen LogP) is 4.54.